The van der Waals surface area contributed by atoms with Gasteiger partial charge >= 0.3 is 0 Å². The number of hydrogen-bond donors (Lipinski definition) is 2. The monoisotopic (exact) mass is 532 g/mol. The Bertz CT molecular complexity index is 1080. The number of hydrogen-bond acceptors (Lipinski definition) is 4. The smallest absolute Gasteiger partial charge is 0.123 e. The molecule has 0 spiro atoms. The van der Waals surface area contributed by atoms with Crippen LogP contribution < -0.4 is 0 Å². The maximum atomic E-state index is 14.1. The fourth-order valence-electron chi connectivity index (χ4n) is 4.27. The summed E-state index contributed by atoms with van der Waals surface area (Å²) >= 11 is 1.58. The van der Waals surface area contributed by atoms with Crippen LogP contribution in [0.3, 0.4) is 0 Å². The Hall–Kier alpha value is -1.46. The largest absolute Gasteiger partial charge is 0.507 e. The van der Waals surface area contributed by atoms with Gasteiger partial charge in [0.25, 0.3) is 0 Å². The van der Waals surface area contributed by atoms with E-state index in [4.69, 9.17) is 0 Å². The Labute approximate surface area is 227 Å². The zero-order chi connectivity index (χ0) is 28.2. The van der Waals surface area contributed by atoms with E-state index >= 15 is 0 Å². The predicted octanol–water partition coefficient (Wildman–Crippen LogP) is 8.92. The zero-order valence-corrected chi connectivity index (χ0v) is 26.6. The van der Waals surface area contributed by atoms with Crippen LogP contribution in [0.15, 0.2) is 34.1 Å². The third-order valence-corrected chi connectivity index (χ3v) is 9.65. The van der Waals surface area contributed by atoms with Crippen LogP contribution in [0, 0.1) is 0 Å². The summed E-state index contributed by atoms with van der Waals surface area (Å²) in [5.41, 5.74) is 2.38. The van der Waals surface area contributed by atoms with Gasteiger partial charge in [0, 0.05) is 32.0 Å². The Morgan fingerprint density at radius 1 is 0.556 bits per heavy atom. The highest BCUT2D eigenvalue weighted by atomic mass is 32.2. The van der Waals surface area contributed by atoms with Gasteiger partial charge in [-0.1, -0.05) is 83.1 Å². The normalized spacial score (nSPS) is 14.7. The van der Waals surface area contributed by atoms with Gasteiger partial charge < -0.3 is 10.2 Å². The van der Waals surface area contributed by atoms with E-state index in [9.17, 15) is 14.4 Å². The molecule has 0 heterocycles. The van der Waals surface area contributed by atoms with Gasteiger partial charge in [0.05, 0.1) is 14.9 Å². The van der Waals surface area contributed by atoms with E-state index in [1.807, 2.05) is 38.1 Å². The van der Waals surface area contributed by atoms with Crippen LogP contribution in [-0.4, -0.2) is 18.5 Å². The van der Waals surface area contributed by atoms with Crippen molar-refractivity contribution in [1.82, 2.24) is 0 Å². The summed E-state index contributed by atoms with van der Waals surface area (Å²) in [4.78, 5) is 1.72. The molecule has 0 saturated heterocycles. The Balaban J connectivity index is 2.67. The van der Waals surface area contributed by atoms with Crippen LogP contribution in [0.2, 0.25) is 0 Å². The van der Waals surface area contributed by atoms with E-state index in [2.05, 4.69) is 83.1 Å². The summed E-state index contributed by atoms with van der Waals surface area (Å²) in [6.07, 6.45) is 0. The first-order chi connectivity index (χ1) is 15.9. The summed E-state index contributed by atoms with van der Waals surface area (Å²) in [5, 5.41) is 22.2. The third-order valence-electron chi connectivity index (χ3n) is 6.42. The van der Waals surface area contributed by atoms with E-state index in [-0.39, 0.29) is 21.7 Å². The van der Waals surface area contributed by atoms with E-state index in [0.29, 0.717) is 11.5 Å². The molecule has 0 fully saturated rings. The van der Waals surface area contributed by atoms with Gasteiger partial charge in [0.15, 0.2) is 0 Å². The predicted molar refractivity (Wildman–Crippen MR) is 157 cm³/mol. The minimum absolute atomic E-state index is 0.232. The van der Waals surface area contributed by atoms with Crippen molar-refractivity contribution in [3.05, 3.63) is 46.5 Å². The minimum Gasteiger partial charge on any atom is -0.507 e. The lowest BCUT2D eigenvalue weighted by molar-refractivity contribution is 0.421. The second kappa shape index (κ2) is 9.69. The molecule has 3 nitrogen and oxygen atoms in total. The summed E-state index contributed by atoms with van der Waals surface area (Å²) in [6, 6.07) is 7.93. The molecule has 0 amide bonds. The molecule has 2 aromatic carbocycles. The highest BCUT2D eigenvalue weighted by molar-refractivity contribution is 8.12. The Morgan fingerprint density at radius 2 is 0.833 bits per heavy atom. The van der Waals surface area contributed by atoms with Gasteiger partial charge in [0.2, 0.25) is 0 Å². The van der Waals surface area contributed by atoms with Crippen molar-refractivity contribution in [3.8, 4) is 11.5 Å². The van der Waals surface area contributed by atoms with Gasteiger partial charge in [-0.25, -0.2) is 0 Å². The van der Waals surface area contributed by atoms with Crippen molar-refractivity contribution in [2.45, 2.75) is 132 Å². The van der Waals surface area contributed by atoms with Crippen LogP contribution in [0.4, 0.5) is 0 Å². The number of rotatable bonds is 4. The van der Waals surface area contributed by atoms with Gasteiger partial charge in [-0.2, -0.15) is 0 Å². The molecule has 36 heavy (non-hydrogen) atoms. The number of aromatic hydroxyl groups is 2. The van der Waals surface area contributed by atoms with E-state index < -0.39 is 14.9 Å². The molecular formula is C31H48O3S2. The average Bonchev–Trinajstić information content (AvgIpc) is 2.65. The quantitative estimate of drug-likeness (QED) is 0.386. The number of thioether (sulfide) groups is 1. The van der Waals surface area contributed by atoms with Crippen molar-refractivity contribution in [2.24, 2.45) is 0 Å². The maximum absolute atomic E-state index is 14.1. The highest BCUT2D eigenvalue weighted by Gasteiger charge is 2.34. The number of phenols is 2. The lowest BCUT2D eigenvalue weighted by Crippen LogP contribution is -2.25. The molecule has 0 saturated carbocycles. The minimum atomic E-state index is -1.36. The first-order valence-corrected chi connectivity index (χ1v) is 14.7. The SMILES string of the molecule is CC(C)(C)c1cc(SC(C)(C)S(=O)c2cc(C(C)(C)C)c(O)c(C(C)(C)C)c2)cc(C(C)(C)C)c1O. The van der Waals surface area contributed by atoms with Gasteiger partial charge in [-0.15, -0.1) is 11.8 Å². The summed E-state index contributed by atoms with van der Waals surface area (Å²) in [7, 11) is -1.36. The van der Waals surface area contributed by atoms with Gasteiger partial charge in [-0.3, -0.25) is 4.21 Å². The Kier molecular flexibility index (Phi) is 8.28. The summed E-state index contributed by atoms with van der Waals surface area (Å²) in [6.45, 7) is 29.0. The molecule has 2 aromatic rings. The molecule has 5 heteroatoms. The van der Waals surface area contributed by atoms with E-state index in [1.54, 1.807) is 11.8 Å². The molecule has 202 valence electrons. The van der Waals surface area contributed by atoms with E-state index in [1.165, 1.54) is 0 Å². The standard InChI is InChI=1S/C31H48O3S2/c1-27(2,3)21-15-19(16-22(25(21)32)28(4,5)6)35-31(13,14)36(34)20-17-23(29(7,8)9)26(33)24(18-20)30(10,11)12/h15-18,32-33H,1-14H3. The topological polar surface area (TPSA) is 57.5 Å². The van der Waals surface area contributed by atoms with Gasteiger partial charge in [-0.05, 0) is 59.8 Å². The zero-order valence-electron chi connectivity index (χ0n) is 24.9. The molecule has 0 radical (unpaired) electrons. The second-order valence-corrected chi connectivity index (χ2v) is 18.5. The van der Waals surface area contributed by atoms with Crippen molar-refractivity contribution >= 4 is 22.6 Å². The summed E-state index contributed by atoms with van der Waals surface area (Å²) in [5.74, 6) is 0.644. The van der Waals surface area contributed by atoms with Crippen molar-refractivity contribution in [2.75, 3.05) is 0 Å². The molecule has 1 unspecified atom stereocenters. The van der Waals surface area contributed by atoms with Crippen LogP contribution in [0.1, 0.15) is 119 Å². The van der Waals surface area contributed by atoms with Crippen molar-refractivity contribution < 1.29 is 14.4 Å². The number of phenolic OH excluding ortho intramolecular Hbond substituents is 2. The molecule has 0 aliphatic carbocycles. The van der Waals surface area contributed by atoms with Crippen molar-refractivity contribution in [3.63, 3.8) is 0 Å². The third kappa shape index (κ3) is 6.69. The molecule has 0 aliphatic heterocycles. The molecule has 2 N–H and O–H groups in total. The highest BCUT2D eigenvalue weighted by Crippen LogP contribution is 2.47. The first-order valence-electron chi connectivity index (χ1n) is 12.7. The Morgan fingerprint density at radius 3 is 1.11 bits per heavy atom. The number of benzene rings is 2. The first kappa shape index (κ1) is 30.8. The lowest BCUT2D eigenvalue weighted by Gasteiger charge is -2.31. The average molecular weight is 533 g/mol. The molecule has 1 atom stereocenters. The molecule has 2 rings (SSSR count). The van der Waals surface area contributed by atoms with Crippen LogP contribution in [0.25, 0.3) is 0 Å². The second-order valence-electron chi connectivity index (χ2n) is 14.5. The van der Waals surface area contributed by atoms with E-state index in [0.717, 1.165) is 32.0 Å². The van der Waals surface area contributed by atoms with Crippen LogP contribution in [-0.2, 0) is 32.5 Å². The molecular weight excluding hydrogens is 484 g/mol. The van der Waals surface area contributed by atoms with Crippen LogP contribution >= 0.6 is 11.8 Å². The molecule has 0 aromatic heterocycles. The maximum Gasteiger partial charge on any atom is 0.123 e. The van der Waals surface area contributed by atoms with Crippen LogP contribution in [0.5, 0.6) is 11.5 Å². The lowest BCUT2D eigenvalue weighted by atomic mass is 9.79. The van der Waals surface area contributed by atoms with Crippen molar-refractivity contribution in [1.29, 1.82) is 0 Å². The van der Waals surface area contributed by atoms with Gasteiger partial charge in [0.1, 0.15) is 11.5 Å². The molecule has 0 aliphatic rings. The fraction of sp³-hybridized carbons (Fsp3) is 0.613. The summed E-state index contributed by atoms with van der Waals surface area (Å²) < 4.78 is 13.5. The fourth-order valence-corrected chi connectivity index (χ4v) is 7.09. The molecule has 0 bridgehead atoms.